The minimum atomic E-state index is -1.15. The zero-order chi connectivity index (χ0) is 13.6. The van der Waals surface area contributed by atoms with E-state index in [4.69, 9.17) is 20.4 Å². The summed E-state index contributed by atoms with van der Waals surface area (Å²) in [6, 6.07) is 0. The van der Waals surface area contributed by atoms with Crippen molar-refractivity contribution >= 4 is 21.6 Å². The quantitative estimate of drug-likeness (QED) is 0.237. The fourth-order valence-electron chi connectivity index (χ4n) is 1.45. The Labute approximate surface area is 118 Å². The molecule has 0 aliphatic carbocycles. The summed E-state index contributed by atoms with van der Waals surface area (Å²) in [5, 5.41) is 34.6. The molecule has 0 saturated heterocycles. The summed E-state index contributed by atoms with van der Waals surface area (Å²) < 4.78 is 0. The SMILES string of the molecule is OC(O)CCCCCSSCCCCCC(O)O. The second-order valence-electron chi connectivity index (χ2n) is 4.30. The molecule has 0 radical (unpaired) electrons. The normalized spacial score (nSPS) is 11.7. The van der Waals surface area contributed by atoms with Gasteiger partial charge in [-0.3, -0.25) is 0 Å². The van der Waals surface area contributed by atoms with Crippen molar-refractivity contribution in [3.05, 3.63) is 0 Å². The Morgan fingerprint density at radius 1 is 0.556 bits per heavy atom. The van der Waals surface area contributed by atoms with E-state index in [-0.39, 0.29) is 0 Å². The first-order valence-corrected chi connectivity index (χ1v) is 9.08. The molecule has 4 N–H and O–H groups in total. The van der Waals surface area contributed by atoms with Gasteiger partial charge >= 0.3 is 0 Å². The summed E-state index contributed by atoms with van der Waals surface area (Å²) >= 11 is 0. The number of aliphatic hydroxyl groups is 4. The third-order valence-electron chi connectivity index (χ3n) is 2.46. The third kappa shape index (κ3) is 16.5. The standard InChI is InChI=1S/C12H26O4S2/c13-11(14)7-3-1-5-9-17-18-10-6-2-4-8-12(15)16/h11-16H,1-10H2. The first kappa shape index (κ1) is 18.5. The van der Waals surface area contributed by atoms with Gasteiger partial charge in [0.25, 0.3) is 0 Å². The van der Waals surface area contributed by atoms with Crippen LogP contribution >= 0.6 is 21.6 Å². The van der Waals surface area contributed by atoms with Crippen molar-refractivity contribution in [2.45, 2.75) is 63.9 Å². The van der Waals surface area contributed by atoms with Crippen LogP contribution in [0.1, 0.15) is 51.4 Å². The monoisotopic (exact) mass is 298 g/mol. The smallest absolute Gasteiger partial charge is 0.151 e. The van der Waals surface area contributed by atoms with E-state index in [2.05, 4.69) is 0 Å². The summed E-state index contributed by atoms with van der Waals surface area (Å²) in [7, 11) is 3.74. The highest BCUT2D eigenvalue weighted by atomic mass is 33.1. The molecule has 0 aromatic carbocycles. The van der Waals surface area contributed by atoms with Crippen LogP contribution in [0.15, 0.2) is 0 Å². The first-order valence-electron chi connectivity index (χ1n) is 6.59. The van der Waals surface area contributed by atoms with Gasteiger partial charge in [-0.15, -0.1) is 0 Å². The molecule has 0 amide bonds. The highest BCUT2D eigenvalue weighted by molar-refractivity contribution is 8.76. The lowest BCUT2D eigenvalue weighted by Crippen LogP contribution is -2.03. The van der Waals surface area contributed by atoms with Crippen molar-refractivity contribution in [3.63, 3.8) is 0 Å². The summed E-state index contributed by atoms with van der Waals surface area (Å²) in [5.74, 6) is 2.23. The van der Waals surface area contributed by atoms with Crippen LogP contribution in [0.2, 0.25) is 0 Å². The molecule has 0 aromatic heterocycles. The Bertz CT molecular complexity index is 150. The molecule has 18 heavy (non-hydrogen) atoms. The van der Waals surface area contributed by atoms with Gasteiger partial charge in [-0.2, -0.15) is 0 Å². The van der Waals surface area contributed by atoms with Crippen LogP contribution in [0.3, 0.4) is 0 Å². The molecule has 0 heterocycles. The van der Waals surface area contributed by atoms with E-state index in [1.807, 2.05) is 21.6 Å². The molecule has 0 aromatic rings. The van der Waals surface area contributed by atoms with Crippen molar-refractivity contribution in [3.8, 4) is 0 Å². The van der Waals surface area contributed by atoms with Gasteiger partial charge in [0.2, 0.25) is 0 Å². The zero-order valence-electron chi connectivity index (χ0n) is 10.8. The number of hydrogen-bond acceptors (Lipinski definition) is 6. The van der Waals surface area contributed by atoms with Crippen LogP contribution in [0.5, 0.6) is 0 Å². The molecule has 0 aliphatic heterocycles. The molecule has 0 unspecified atom stereocenters. The Hall–Kier alpha value is 0.540. The van der Waals surface area contributed by atoms with Crippen molar-refractivity contribution < 1.29 is 20.4 Å². The number of hydrogen-bond donors (Lipinski definition) is 4. The zero-order valence-corrected chi connectivity index (χ0v) is 12.5. The lowest BCUT2D eigenvalue weighted by atomic mass is 10.2. The van der Waals surface area contributed by atoms with E-state index < -0.39 is 12.6 Å². The van der Waals surface area contributed by atoms with Crippen LogP contribution in [0.4, 0.5) is 0 Å². The van der Waals surface area contributed by atoms with E-state index in [0.717, 1.165) is 50.0 Å². The van der Waals surface area contributed by atoms with E-state index in [1.54, 1.807) is 0 Å². The average Bonchev–Trinajstić information content (AvgIpc) is 2.29. The van der Waals surface area contributed by atoms with Gasteiger partial charge in [0, 0.05) is 11.5 Å². The van der Waals surface area contributed by atoms with E-state index in [1.165, 1.54) is 0 Å². The Kier molecular flexibility index (Phi) is 14.4. The number of aliphatic hydroxyl groups excluding tert-OH is 2. The van der Waals surface area contributed by atoms with Crippen LogP contribution < -0.4 is 0 Å². The Morgan fingerprint density at radius 3 is 1.28 bits per heavy atom. The van der Waals surface area contributed by atoms with Crippen LogP contribution in [0, 0.1) is 0 Å². The van der Waals surface area contributed by atoms with Crippen LogP contribution in [-0.4, -0.2) is 44.5 Å². The van der Waals surface area contributed by atoms with Crippen molar-refractivity contribution in [2.75, 3.05) is 11.5 Å². The second-order valence-corrected chi connectivity index (χ2v) is 7.01. The molecule has 0 atom stereocenters. The largest absolute Gasteiger partial charge is 0.368 e. The van der Waals surface area contributed by atoms with Crippen LogP contribution in [0.25, 0.3) is 0 Å². The highest BCUT2D eigenvalue weighted by Crippen LogP contribution is 2.24. The molecular weight excluding hydrogens is 272 g/mol. The summed E-state index contributed by atoms with van der Waals surface area (Å²) in [5.41, 5.74) is 0. The van der Waals surface area contributed by atoms with Gasteiger partial charge in [0.1, 0.15) is 0 Å². The van der Waals surface area contributed by atoms with E-state index in [9.17, 15) is 0 Å². The van der Waals surface area contributed by atoms with E-state index in [0.29, 0.717) is 12.8 Å². The van der Waals surface area contributed by atoms with Gasteiger partial charge in [0.15, 0.2) is 12.6 Å². The maximum absolute atomic E-state index is 8.65. The minimum Gasteiger partial charge on any atom is -0.368 e. The maximum Gasteiger partial charge on any atom is 0.151 e. The minimum absolute atomic E-state index is 0.481. The van der Waals surface area contributed by atoms with Crippen LogP contribution in [-0.2, 0) is 0 Å². The van der Waals surface area contributed by atoms with Gasteiger partial charge in [-0.25, -0.2) is 0 Å². The first-order chi connectivity index (χ1) is 8.63. The van der Waals surface area contributed by atoms with Gasteiger partial charge in [0.05, 0.1) is 0 Å². The molecule has 0 rings (SSSR count). The van der Waals surface area contributed by atoms with Crippen molar-refractivity contribution in [1.29, 1.82) is 0 Å². The molecule has 0 spiro atoms. The van der Waals surface area contributed by atoms with Gasteiger partial charge < -0.3 is 20.4 Å². The lowest BCUT2D eigenvalue weighted by molar-refractivity contribution is -0.0471. The lowest BCUT2D eigenvalue weighted by Gasteiger charge is -2.04. The summed E-state index contributed by atoms with van der Waals surface area (Å²) in [6.07, 6.45) is 4.79. The Balaban J connectivity index is 2.95. The molecule has 0 aliphatic rings. The number of rotatable bonds is 13. The fraction of sp³-hybridized carbons (Fsp3) is 1.00. The highest BCUT2D eigenvalue weighted by Gasteiger charge is 1.98. The molecule has 0 fully saturated rings. The molecule has 6 heteroatoms. The topological polar surface area (TPSA) is 80.9 Å². The molecule has 0 bridgehead atoms. The van der Waals surface area contributed by atoms with Crippen molar-refractivity contribution in [1.82, 2.24) is 0 Å². The Morgan fingerprint density at radius 2 is 0.944 bits per heavy atom. The van der Waals surface area contributed by atoms with Gasteiger partial charge in [-0.1, -0.05) is 34.4 Å². The molecular formula is C12H26O4S2. The molecule has 110 valence electrons. The average molecular weight is 298 g/mol. The predicted octanol–water partition coefficient (Wildman–Crippen LogP) is 2.11. The van der Waals surface area contributed by atoms with Gasteiger partial charge in [-0.05, 0) is 38.5 Å². The summed E-state index contributed by atoms with van der Waals surface area (Å²) in [6.45, 7) is 0. The molecule has 4 nitrogen and oxygen atoms in total. The predicted molar refractivity (Wildman–Crippen MR) is 78.3 cm³/mol. The number of unbranched alkanes of at least 4 members (excludes halogenated alkanes) is 4. The summed E-state index contributed by atoms with van der Waals surface area (Å²) in [4.78, 5) is 0. The second kappa shape index (κ2) is 14.0. The maximum atomic E-state index is 8.65. The van der Waals surface area contributed by atoms with Crippen molar-refractivity contribution in [2.24, 2.45) is 0 Å². The third-order valence-corrected chi connectivity index (χ3v) is 5.04. The fourth-order valence-corrected chi connectivity index (χ4v) is 3.74. The molecule has 0 saturated carbocycles. The van der Waals surface area contributed by atoms with E-state index >= 15 is 0 Å².